The lowest BCUT2D eigenvalue weighted by atomic mass is 10.2. The van der Waals surface area contributed by atoms with Gasteiger partial charge in [-0.1, -0.05) is 46.3 Å². The van der Waals surface area contributed by atoms with Crippen molar-refractivity contribution in [1.82, 2.24) is 10.2 Å². The summed E-state index contributed by atoms with van der Waals surface area (Å²) in [6, 6.07) is 25.9. The van der Waals surface area contributed by atoms with Crippen molar-refractivity contribution in [3.05, 3.63) is 94.5 Å². The summed E-state index contributed by atoms with van der Waals surface area (Å²) >= 11 is 8.66. The van der Waals surface area contributed by atoms with Gasteiger partial charge in [-0.05, 0) is 66.3 Å². The fourth-order valence-electron chi connectivity index (χ4n) is 3.70. The molecule has 164 valence electrons. The molecule has 0 radical (unpaired) electrons. The Morgan fingerprint density at radius 3 is 2.19 bits per heavy atom. The van der Waals surface area contributed by atoms with Crippen molar-refractivity contribution >= 4 is 50.5 Å². The molecule has 2 N–H and O–H groups in total. The number of benzene rings is 3. The predicted octanol–water partition coefficient (Wildman–Crippen LogP) is 4.90. The summed E-state index contributed by atoms with van der Waals surface area (Å²) < 4.78 is 0.924. The summed E-state index contributed by atoms with van der Waals surface area (Å²) in [6.45, 7) is 5.09. The number of hydrogen-bond donors (Lipinski definition) is 2. The van der Waals surface area contributed by atoms with E-state index >= 15 is 0 Å². The van der Waals surface area contributed by atoms with Gasteiger partial charge in [-0.3, -0.25) is 15.0 Å². The number of amides is 1. The van der Waals surface area contributed by atoms with E-state index in [2.05, 4.69) is 78.8 Å². The van der Waals surface area contributed by atoms with Crippen molar-refractivity contribution in [2.75, 3.05) is 36.4 Å². The van der Waals surface area contributed by atoms with E-state index in [1.54, 1.807) is 12.1 Å². The lowest BCUT2D eigenvalue weighted by molar-refractivity contribution is 0.0977. The van der Waals surface area contributed by atoms with Gasteiger partial charge in [-0.15, -0.1) is 0 Å². The van der Waals surface area contributed by atoms with E-state index in [9.17, 15) is 4.79 Å². The Balaban J connectivity index is 1.25. The molecule has 5 nitrogen and oxygen atoms in total. The molecule has 1 amide bonds. The van der Waals surface area contributed by atoms with Crippen LogP contribution in [0.3, 0.4) is 0 Å². The van der Waals surface area contributed by atoms with Gasteiger partial charge in [-0.2, -0.15) is 0 Å². The first kappa shape index (κ1) is 22.5. The van der Waals surface area contributed by atoms with Gasteiger partial charge < -0.3 is 10.2 Å². The molecule has 3 aromatic carbocycles. The minimum atomic E-state index is -0.236. The van der Waals surface area contributed by atoms with Gasteiger partial charge in [0.15, 0.2) is 5.11 Å². The molecule has 7 heteroatoms. The number of rotatable bonds is 5. The van der Waals surface area contributed by atoms with Crippen LogP contribution in [0.15, 0.2) is 83.3 Å². The molecule has 1 saturated heterocycles. The molecule has 3 aromatic rings. The first-order valence-electron chi connectivity index (χ1n) is 10.6. The maximum atomic E-state index is 12.3. The zero-order valence-corrected chi connectivity index (χ0v) is 20.0. The van der Waals surface area contributed by atoms with E-state index in [4.69, 9.17) is 12.2 Å². The van der Waals surface area contributed by atoms with Gasteiger partial charge in [0.2, 0.25) is 0 Å². The van der Waals surface area contributed by atoms with Gasteiger partial charge >= 0.3 is 0 Å². The van der Waals surface area contributed by atoms with Crippen LogP contribution in [-0.4, -0.2) is 42.1 Å². The highest BCUT2D eigenvalue weighted by Gasteiger charge is 2.17. The molecule has 1 heterocycles. The number of nitrogens with zero attached hydrogens (tertiary/aromatic N) is 2. The molecule has 0 saturated carbocycles. The second-order valence-electron chi connectivity index (χ2n) is 7.71. The Kier molecular flexibility index (Phi) is 7.52. The average molecular weight is 509 g/mol. The molecule has 0 aromatic heterocycles. The smallest absolute Gasteiger partial charge is 0.257 e. The minimum absolute atomic E-state index is 0.236. The molecule has 0 atom stereocenters. The summed E-state index contributed by atoms with van der Waals surface area (Å²) in [6.07, 6.45) is 0. The second-order valence-corrected chi connectivity index (χ2v) is 9.03. The predicted molar refractivity (Wildman–Crippen MR) is 138 cm³/mol. The number of anilines is 2. The van der Waals surface area contributed by atoms with Gasteiger partial charge in [0.05, 0.1) is 0 Å². The Morgan fingerprint density at radius 1 is 0.875 bits per heavy atom. The van der Waals surface area contributed by atoms with Crippen LogP contribution in [0.1, 0.15) is 15.9 Å². The summed E-state index contributed by atoms with van der Waals surface area (Å²) in [5.74, 6) is -0.236. The molecule has 1 fully saturated rings. The maximum Gasteiger partial charge on any atom is 0.257 e. The molecule has 1 aliphatic rings. The summed E-state index contributed by atoms with van der Waals surface area (Å²) in [7, 11) is 0. The number of nitrogens with one attached hydrogen (secondary N) is 2. The van der Waals surface area contributed by atoms with Crippen molar-refractivity contribution in [2.24, 2.45) is 0 Å². The van der Waals surface area contributed by atoms with Crippen molar-refractivity contribution < 1.29 is 4.79 Å². The van der Waals surface area contributed by atoms with Crippen LogP contribution in [0.25, 0.3) is 0 Å². The molecule has 1 aliphatic heterocycles. The van der Waals surface area contributed by atoms with Crippen LogP contribution in [0.5, 0.6) is 0 Å². The largest absolute Gasteiger partial charge is 0.369 e. The molecule has 0 unspecified atom stereocenters. The number of carbonyl (C=O) groups is 1. The van der Waals surface area contributed by atoms with Crippen LogP contribution in [0.2, 0.25) is 0 Å². The molecule has 0 bridgehead atoms. The van der Waals surface area contributed by atoms with Crippen LogP contribution < -0.4 is 15.5 Å². The summed E-state index contributed by atoms with van der Waals surface area (Å²) in [4.78, 5) is 17.2. The lowest BCUT2D eigenvalue weighted by Crippen LogP contribution is -2.45. The fourth-order valence-corrected chi connectivity index (χ4v) is 4.18. The standard InChI is InChI=1S/C25H25BrN4OS/c26-21-8-6-20(7-9-21)24(31)28-25(32)27-22-10-12-23(13-11-22)30-16-14-29(15-17-30)18-19-4-2-1-3-5-19/h1-13H,14-18H2,(H2,27,28,31,32). The van der Waals surface area contributed by atoms with E-state index in [0.29, 0.717) is 5.56 Å². The third kappa shape index (κ3) is 6.16. The van der Waals surface area contributed by atoms with Crippen LogP contribution >= 0.6 is 28.1 Å². The number of hydrogen-bond acceptors (Lipinski definition) is 4. The van der Waals surface area contributed by atoms with Crippen molar-refractivity contribution in [3.8, 4) is 0 Å². The summed E-state index contributed by atoms with van der Waals surface area (Å²) in [5, 5.41) is 6.08. The van der Waals surface area contributed by atoms with Crippen LogP contribution in [0, 0.1) is 0 Å². The van der Waals surface area contributed by atoms with Gasteiger partial charge in [-0.25, -0.2) is 0 Å². The molecular weight excluding hydrogens is 484 g/mol. The van der Waals surface area contributed by atoms with Gasteiger partial charge in [0.1, 0.15) is 0 Å². The molecule has 0 spiro atoms. The maximum absolute atomic E-state index is 12.3. The molecule has 0 aliphatic carbocycles. The SMILES string of the molecule is O=C(NC(=S)Nc1ccc(N2CCN(Cc3ccccc3)CC2)cc1)c1ccc(Br)cc1. The van der Waals surface area contributed by atoms with Crippen molar-refractivity contribution in [2.45, 2.75) is 6.54 Å². The molecule has 4 rings (SSSR count). The highest BCUT2D eigenvalue weighted by atomic mass is 79.9. The third-order valence-corrected chi connectivity index (χ3v) is 6.18. The Morgan fingerprint density at radius 2 is 1.53 bits per heavy atom. The van der Waals surface area contributed by atoms with E-state index < -0.39 is 0 Å². The van der Waals surface area contributed by atoms with Gasteiger partial charge in [0.25, 0.3) is 5.91 Å². The Bertz CT molecular complexity index is 1050. The van der Waals surface area contributed by atoms with Gasteiger partial charge in [0, 0.05) is 54.1 Å². The van der Waals surface area contributed by atoms with E-state index in [1.807, 2.05) is 24.3 Å². The molecular formula is C25H25BrN4OS. The normalized spacial score (nSPS) is 14.1. The zero-order valence-electron chi connectivity index (χ0n) is 17.6. The first-order valence-corrected chi connectivity index (χ1v) is 11.8. The van der Waals surface area contributed by atoms with E-state index in [0.717, 1.165) is 42.9 Å². The Labute approximate surface area is 202 Å². The third-order valence-electron chi connectivity index (χ3n) is 5.45. The Hall–Kier alpha value is -2.74. The second kappa shape index (κ2) is 10.7. The minimum Gasteiger partial charge on any atom is -0.369 e. The zero-order chi connectivity index (χ0) is 22.3. The van der Waals surface area contributed by atoms with Crippen LogP contribution in [0.4, 0.5) is 11.4 Å². The quantitative estimate of drug-likeness (QED) is 0.480. The van der Waals surface area contributed by atoms with E-state index in [-0.39, 0.29) is 11.0 Å². The first-order chi connectivity index (χ1) is 15.6. The number of carbonyl (C=O) groups excluding carboxylic acids is 1. The summed E-state index contributed by atoms with van der Waals surface area (Å²) in [5.41, 5.74) is 3.95. The lowest BCUT2D eigenvalue weighted by Gasteiger charge is -2.36. The monoisotopic (exact) mass is 508 g/mol. The number of halogens is 1. The highest BCUT2D eigenvalue weighted by Crippen LogP contribution is 2.20. The molecule has 32 heavy (non-hydrogen) atoms. The average Bonchev–Trinajstić information content (AvgIpc) is 2.81. The van der Waals surface area contributed by atoms with Crippen LogP contribution in [-0.2, 0) is 6.54 Å². The van der Waals surface area contributed by atoms with Crippen molar-refractivity contribution in [1.29, 1.82) is 0 Å². The highest BCUT2D eigenvalue weighted by molar-refractivity contribution is 9.10. The topological polar surface area (TPSA) is 47.6 Å². The number of thiocarbonyl (C=S) groups is 1. The van der Waals surface area contributed by atoms with Crippen molar-refractivity contribution in [3.63, 3.8) is 0 Å². The number of piperazine rings is 1. The van der Waals surface area contributed by atoms with E-state index in [1.165, 1.54) is 11.3 Å². The fraction of sp³-hybridized carbons (Fsp3) is 0.200.